The lowest BCUT2D eigenvalue weighted by Crippen LogP contribution is -2.51. The number of hydrogen-bond donors (Lipinski definition) is 1. The molecule has 1 aliphatic rings. The number of carbonyl (C=O) groups excluding carboxylic acids is 1. The molecule has 2 rings (SSSR count). The number of amides is 1. The van der Waals surface area contributed by atoms with Gasteiger partial charge in [0, 0.05) is 5.88 Å². The van der Waals surface area contributed by atoms with E-state index in [4.69, 9.17) is 11.6 Å². The van der Waals surface area contributed by atoms with Crippen molar-refractivity contribution < 1.29 is 4.79 Å². The van der Waals surface area contributed by atoms with Crippen LogP contribution in [0.5, 0.6) is 0 Å². The lowest BCUT2D eigenvalue weighted by molar-refractivity contribution is -0.122. The largest absolute Gasteiger partial charge is 0.349 e. The van der Waals surface area contributed by atoms with Gasteiger partial charge in [0.1, 0.15) is 0 Å². The molecule has 1 aromatic carbocycles. The third-order valence-corrected chi connectivity index (χ3v) is 4.59. The van der Waals surface area contributed by atoms with Gasteiger partial charge in [-0.25, -0.2) is 0 Å². The standard InChI is InChI=1S/C16H22ClNO/c1-13-7-3-4-8-14(13)11-15(19)18-16(12-17)9-5-2-6-10-16/h3-4,7-8H,2,5-6,9-12H2,1H3,(H,18,19). The van der Waals surface area contributed by atoms with Crippen LogP contribution in [0.15, 0.2) is 24.3 Å². The molecule has 0 aliphatic heterocycles. The van der Waals surface area contributed by atoms with Gasteiger partial charge in [0.25, 0.3) is 0 Å². The van der Waals surface area contributed by atoms with E-state index in [2.05, 4.69) is 5.32 Å². The van der Waals surface area contributed by atoms with E-state index in [-0.39, 0.29) is 11.4 Å². The first-order valence-corrected chi connectivity index (χ1v) is 7.60. The summed E-state index contributed by atoms with van der Waals surface area (Å²) in [4.78, 5) is 12.2. The third kappa shape index (κ3) is 3.73. The molecule has 0 aromatic heterocycles. The average molecular weight is 280 g/mol. The van der Waals surface area contributed by atoms with Crippen LogP contribution in [0.4, 0.5) is 0 Å². The summed E-state index contributed by atoms with van der Waals surface area (Å²) in [5.41, 5.74) is 2.10. The van der Waals surface area contributed by atoms with E-state index >= 15 is 0 Å². The van der Waals surface area contributed by atoms with Crippen LogP contribution in [0.2, 0.25) is 0 Å². The molecule has 19 heavy (non-hydrogen) atoms. The third-order valence-electron chi connectivity index (χ3n) is 4.08. The second-order valence-corrected chi connectivity index (χ2v) is 5.89. The molecule has 0 heterocycles. The van der Waals surface area contributed by atoms with Crippen molar-refractivity contribution in [3.8, 4) is 0 Å². The number of alkyl halides is 1. The highest BCUT2D eigenvalue weighted by atomic mass is 35.5. The number of benzene rings is 1. The van der Waals surface area contributed by atoms with Crippen molar-refractivity contribution >= 4 is 17.5 Å². The number of carbonyl (C=O) groups is 1. The van der Waals surface area contributed by atoms with Crippen LogP contribution >= 0.6 is 11.6 Å². The molecule has 1 aliphatic carbocycles. The van der Waals surface area contributed by atoms with Crippen LogP contribution in [0.25, 0.3) is 0 Å². The Morgan fingerprint density at radius 3 is 2.58 bits per heavy atom. The van der Waals surface area contributed by atoms with Crippen LogP contribution in [-0.2, 0) is 11.2 Å². The first-order chi connectivity index (χ1) is 9.15. The van der Waals surface area contributed by atoms with Crippen LogP contribution < -0.4 is 5.32 Å². The number of nitrogens with one attached hydrogen (secondary N) is 1. The van der Waals surface area contributed by atoms with Gasteiger partial charge in [-0.05, 0) is 30.9 Å². The quantitative estimate of drug-likeness (QED) is 0.839. The van der Waals surface area contributed by atoms with Crippen molar-refractivity contribution in [2.45, 2.75) is 51.0 Å². The lowest BCUT2D eigenvalue weighted by Gasteiger charge is -2.36. The van der Waals surface area contributed by atoms with Gasteiger partial charge in [-0.15, -0.1) is 11.6 Å². The maximum absolute atomic E-state index is 12.2. The Bertz CT molecular complexity index is 438. The zero-order valence-electron chi connectivity index (χ0n) is 11.5. The van der Waals surface area contributed by atoms with Crippen molar-refractivity contribution in [2.24, 2.45) is 0 Å². The Hall–Kier alpha value is -1.02. The van der Waals surface area contributed by atoms with Crippen molar-refractivity contribution in [3.05, 3.63) is 35.4 Å². The van der Waals surface area contributed by atoms with E-state index in [9.17, 15) is 4.79 Å². The predicted octanol–water partition coefficient (Wildman–Crippen LogP) is 3.60. The first-order valence-electron chi connectivity index (χ1n) is 7.07. The van der Waals surface area contributed by atoms with Gasteiger partial charge in [0.15, 0.2) is 0 Å². The number of halogens is 1. The summed E-state index contributed by atoms with van der Waals surface area (Å²) < 4.78 is 0. The summed E-state index contributed by atoms with van der Waals surface area (Å²) in [6.45, 7) is 2.04. The van der Waals surface area contributed by atoms with Gasteiger partial charge in [-0.2, -0.15) is 0 Å². The zero-order chi connectivity index (χ0) is 13.7. The van der Waals surface area contributed by atoms with E-state index in [0.717, 1.165) is 31.2 Å². The summed E-state index contributed by atoms with van der Waals surface area (Å²) in [5, 5.41) is 3.19. The average Bonchev–Trinajstić information content (AvgIpc) is 2.42. The molecule has 0 radical (unpaired) electrons. The fraction of sp³-hybridized carbons (Fsp3) is 0.562. The highest BCUT2D eigenvalue weighted by molar-refractivity contribution is 6.18. The fourth-order valence-electron chi connectivity index (χ4n) is 2.84. The van der Waals surface area contributed by atoms with Gasteiger partial charge < -0.3 is 5.32 Å². The number of hydrogen-bond acceptors (Lipinski definition) is 1. The Kier molecular flexibility index (Phi) is 4.87. The minimum Gasteiger partial charge on any atom is -0.349 e. The van der Waals surface area contributed by atoms with Gasteiger partial charge >= 0.3 is 0 Å². The summed E-state index contributed by atoms with van der Waals surface area (Å²) >= 11 is 6.10. The summed E-state index contributed by atoms with van der Waals surface area (Å²) in [7, 11) is 0. The molecule has 0 unspecified atom stereocenters. The summed E-state index contributed by atoms with van der Waals surface area (Å²) in [6, 6.07) is 8.04. The summed E-state index contributed by atoms with van der Waals surface area (Å²) in [5.74, 6) is 0.615. The maximum Gasteiger partial charge on any atom is 0.224 e. The smallest absolute Gasteiger partial charge is 0.224 e. The highest BCUT2D eigenvalue weighted by Crippen LogP contribution is 2.29. The Labute approximate surface area is 120 Å². The molecule has 1 amide bonds. The number of aryl methyl sites for hydroxylation is 1. The van der Waals surface area contributed by atoms with E-state index in [1.165, 1.54) is 12.0 Å². The molecule has 1 aromatic rings. The van der Waals surface area contributed by atoms with Gasteiger partial charge in [0.05, 0.1) is 12.0 Å². The predicted molar refractivity (Wildman–Crippen MR) is 79.6 cm³/mol. The van der Waals surface area contributed by atoms with Crippen molar-refractivity contribution in [1.29, 1.82) is 0 Å². The van der Waals surface area contributed by atoms with Crippen LogP contribution in [-0.4, -0.2) is 17.3 Å². The highest BCUT2D eigenvalue weighted by Gasteiger charge is 2.32. The maximum atomic E-state index is 12.2. The van der Waals surface area contributed by atoms with Crippen molar-refractivity contribution in [1.82, 2.24) is 5.32 Å². The number of rotatable bonds is 4. The molecular formula is C16H22ClNO. The second kappa shape index (κ2) is 6.42. The zero-order valence-corrected chi connectivity index (χ0v) is 12.3. The molecular weight excluding hydrogens is 258 g/mol. The van der Waals surface area contributed by atoms with E-state index in [0.29, 0.717) is 12.3 Å². The topological polar surface area (TPSA) is 29.1 Å². The Balaban J connectivity index is 1.98. The molecule has 0 bridgehead atoms. The van der Waals surface area contributed by atoms with E-state index < -0.39 is 0 Å². The molecule has 0 saturated heterocycles. The molecule has 3 heteroatoms. The van der Waals surface area contributed by atoms with Gasteiger partial charge in [-0.3, -0.25) is 4.79 Å². The minimum absolute atomic E-state index is 0.0943. The SMILES string of the molecule is Cc1ccccc1CC(=O)NC1(CCl)CCCCC1. The molecule has 2 nitrogen and oxygen atoms in total. The van der Waals surface area contributed by atoms with Gasteiger partial charge in [0.2, 0.25) is 5.91 Å². The molecule has 1 fully saturated rings. The van der Waals surface area contributed by atoms with Crippen LogP contribution in [0, 0.1) is 6.92 Å². The van der Waals surface area contributed by atoms with E-state index in [1.807, 2.05) is 31.2 Å². The minimum atomic E-state index is -0.167. The lowest BCUT2D eigenvalue weighted by atomic mass is 9.83. The van der Waals surface area contributed by atoms with Crippen molar-refractivity contribution in [2.75, 3.05) is 5.88 Å². The Morgan fingerprint density at radius 1 is 1.26 bits per heavy atom. The summed E-state index contributed by atoms with van der Waals surface area (Å²) in [6.07, 6.45) is 6.05. The Morgan fingerprint density at radius 2 is 1.95 bits per heavy atom. The second-order valence-electron chi connectivity index (χ2n) is 5.63. The van der Waals surface area contributed by atoms with E-state index in [1.54, 1.807) is 0 Å². The molecule has 0 spiro atoms. The van der Waals surface area contributed by atoms with Crippen LogP contribution in [0.3, 0.4) is 0 Å². The molecule has 104 valence electrons. The first kappa shape index (κ1) is 14.4. The molecule has 1 saturated carbocycles. The molecule has 0 atom stereocenters. The van der Waals surface area contributed by atoms with Crippen LogP contribution in [0.1, 0.15) is 43.2 Å². The fourth-order valence-corrected chi connectivity index (χ4v) is 3.18. The monoisotopic (exact) mass is 279 g/mol. The van der Waals surface area contributed by atoms with Gasteiger partial charge in [-0.1, -0.05) is 43.5 Å². The van der Waals surface area contributed by atoms with Crippen molar-refractivity contribution in [3.63, 3.8) is 0 Å². The normalized spacial score (nSPS) is 18.0. The molecule has 1 N–H and O–H groups in total.